The molecule has 7 heteroatoms. The summed E-state index contributed by atoms with van der Waals surface area (Å²) in [6, 6.07) is 0. The van der Waals surface area contributed by atoms with Crippen LogP contribution in [0.25, 0.3) is 0 Å². The first-order chi connectivity index (χ1) is 6.20. The van der Waals surface area contributed by atoms with Crippen LogP contribution in [0.4, 0.5) is 10.6 Å². The second-order valence-corrected chi connectivity index (χ2v) is 2.99. The SMILES string of the molecule is O=C([O-])N1CCc2c(Cl)ncnc21.[K+]. The number of nitrogens with zero attached hydrogens (tertiary/aromatic N) is 3. The molecule has 1 aromatic rings. The Labute approximate surface area is 128 Å². The molecule has 1 aromatic heterocycles. The Bertz CT molecular complexity index is 374. The van der Waals surface area contributed by atoms with Crippen LogP contribution in [0.3, 0.4) is 0 Å². The molecule has 0 bridgehead atoms. The molecule has 0 aromatic carbocycles. The second kappa shape index (κ2) is 4.87. The summed E-state index contributed by atoms with van der Waals surface area (Å²) < 4.78 is 0. The molecule has 0 atom stereocenters. The quantitative estimate of drug-likeness (QED) is 0.353. The van der Waals surface area contributed by atoms with Gasteiger partial charge in [-0.3, -0.25) is 0 Å². The monoisotopic (exact) mass is 237 g/mol. The van der Waals surface area contributed by atoms with Crippen molar-refractivity contribution in [3.05, 3.63) is 17.0 Å². The molecule has 0 fully saturated rings. The van der Waals surface area contributed by atoms with E-state index >= 15 is 0 Å². The zero-order chi connectivity index (χ0) is 9.42. The number of anilines is 1. The van der Waals surface area contributed by atoms with Gasteiger partial charge in [0.05, 0.1) is 0 Å². The summed E-state index contributed by atoms with van der Waals surface area (Å²) in [6.45, 7) is 0.343. The summed E-state index contributed by atoms with van der Waals surface area (Å²) in [6.07, 6.45) is 0.527. The fourth-order valence-corrected chi connectivity index (χ4v) is 1.56. The topological polar surface area (TPSA) is 69.2 Å². The minimum absolute atomic E-state index is 0. The minimum Gasteiger partial charge on any atom is -0.530 e. The van der Waals surface area contributed by atoms with Crippen molar-refractivity contribution in [1.29, 1.82) is 0 Å². The molecule has 0 saturated heterocycles. The molecule has 5 nitrogen and oxygen atoms in total. The molecule has 0 N–H and O–H groups in total. The molecule has 2 heterocycles. The molecular weight excluding hydrogens is 233 g/mol. The Morgan fingerprint density at radius 1 is 1.57 bits per heavy atom. The third-order valence-electron chi connectivity index (χ3n) is 1.93. The molecule has 68 valence electrons. The van der Waals surface area contributed by atoms with E-state index in [0.717, 1.165) is 4.90 Å². The molecule has 2 rings (SSSR count). The zero-order valence-corrected chi connectivity index (χ0v) is 11.4. The first-order valence-electron chi connectivity index (χ1n) is 3.68. The summed E-state index contributed by atoms with van der Waals surface area (Å²) in [5, 5.41) is 10.9. The molecular formula is C7H5ClKN3O2. The van der Waals surface area contributed by atoms with Gasteiger partial charge in [0.25, 0.3) is 0 Å². The second-order valence-electron chi connectivity index (χ2n) is 2.63. The van der Waals surface area contributed by atoms with Crippen LogP contribution < -0.4 is 61.4 Å². The van der Waals surface area contributed by atoms with Crippen LogP contribution in [-0.2, 0) is 6.42 Å². The predicted octanol–water partition coefficient (Wildman–Crippen LogP) is -3.16. The Kier molecular flexibility index (Phi) is 4.29. The van der Waals surface area contributed by atoms with Gasteiger partial charge in [0, 0.05) is 12.1 Å². The van der Waals surface area contributed by atoms with Crippen LogP contribution in [0, 0.1) is 0 Å². The van der Waals surface area contributed by atoms with Crippen molar-refractivity contribution in [2.75, 3.05) is 11.4 Å². The van der Waals surface area contributed by atoms with Crippen LogP contribution in [-0.4, -0.2) is 22.6 Å². The maximum Gasteiger partial charge on any atom is 1.00 e. The van der Waals surface area contributed by atoms with E-state index in [1.807, 2.05) is 0 Å². The fourth-order valence-electron chi connectivity index (χ4n) is 1.34. The van der Waals surface area contributed by atoms with E-state index in [9.17, 15) is 9.90 Å². The maximum absolute atomic E-state index is 10.6. The number of carbonyl (C=O) groups excluding carboxylic acids is 1. The van der Waals surface area contributed by atoms with Crippen molar-refractivity contribution < 1.29 is 61.3 Å². The summed E-state index contributed by atoms with van der Waals surface area (Å²) in [5.74, 6) is 0.347. The van der Waals surface area contributed by atoms with E-state index in [-0.39, 0.29) is 51.4 Å². The van der Waals surface area contributed by atoms with Crippen molar-refractivity contribution >= 4 is 23.5 Å². The van der Waals surface area contributed by atoms with Gasteiger partial charge < -0.3 is 14.8 Å². The van der Waals surface area contributed by atoms with E-state index in [2.05, 4.69) is 9.97 Å². The number of halogens is 1. The van der Waals surface area contributed by atoms with Gasteiger partial charge in [-0.05, 0) is 6.42 Å². The van der Waals surface area contributed by atoms with Crippen molar-refractivity contribution in [1.82, 2.24) is 9.97 Å². The van der Waals surface area contributed by atoms with Crippen molar-refractivity contribution in [2.45, 2.75) is 6.42 Å². The Balaban J connectivity index is 0.000000980. The summed E-state index contributed by atoms with van der Waals surface area (Å²) >= 11 is 5.75. The van der Waals surface area contributed by atoms with E-state index in [1.165, 1.54) is 6.33 Å². The number of carbonyl (C=O) groups is 1. The van der Waals surface area contributed by atoms with E-state index in [0.29, 0.717) is 29.5 Å². The van der Waals surface area contributed by atoms with E-state index in [4.69, 9.17) is 11.6 Å². The number of rotatable bonds is 0. The van der Waals surface area contributed by atoms with E-state index in [1.54, 1.807) is 0 Å². The zero-order valence-electron chi connectivity index (χ0n) is 7.53. The van der Waals surface area contributed by atoms with Gasteiger partial charge in [-0.25, -0.2) is 9.97 Å². The molecule has 0 spiro atoms. The van der Waals surface area contributed by atoms with Crippen molar-refractivity contribution in [3.8, 4) is 0 Å². The van der Waals surface area contributed by atoms with Gasteiger partial charge in [-0.1, -0.05) is 11.6 Å². The van der Waals surface area contributed by atoms with Gasteiger partial charge in [-0.2, -0.15) is 0 Å². The molecule has 0 unspecified atom stereocenters. The molecule has 14 heavy (non-hydrogen) atoms. The van der Waals surface area contributed by atoms with Crippen molar-refractivity contribution in [2.24, 2.45) is 0 Å². The van der Waals surface area contributed by atoms with Crippen molar-refractivity contribution in [3.63, 3.8) is 0 Å². The third-order valence-corrected chi connectivity index (χ3v) is 2.26. The number of hydrogen-bond donors (Lipinski definition) is 0. The first-order valence-corrected chi connectivity index (χ1v) is 4.06. The molecule has 0 aliphatic carbocycles. The largest absolute Gasteiger partial charge is 1.00 e. The number of carboxylic acid groups (broad SMARTS) is 1. The van der Waals surface area contributed by atoms with Crippen LogP contribution in [0.1, 0.15) is 5.56 Å². The molecule has 0 radical (unpaired) electrons. The minimum atomic E-state index is -1.26. The predicted molar refractivity (Wildman–Crippen MR) is 43.5 cm³/mol. The third kappa shape index (κ3) is 2.10. The number of aromatic nitrogens is 2. The van der Waals surface area contributed by atoms with Gasteiger partial charge in [0.2, 0.25) is 0 Å². The molecule has 1 aliphatic heterocycles. The molecule has 1 amide bonds. The smallest absolute Gasteiger partial charge is 0.530 e. The molecule has 1 aliphatic rings. The van der Waals surface area contributed by atoms with Gasteiger partial charge in [-0.15, -0.1) is 0 Å². The van der Waals surface area contributed by atoms with Gasteiger partial charge in [0.15, 0.2) is 0 Å². The fraction of sp³-hybridized carbons (Fsp3) is 0.286. The number of amides is 1. The van der Waals surface area contributed by atoms with Crippen LogP contribution in [0.15, 0.2) is 6.33 Å². The average Bonchev–Trinajstić information content (AvgIpc) is 2.48. The van der Waals surface area contributed by atoms with E-state index < -0.39 is 6.09 Å². The first kappa shape index (κ1) is 12.3. The number of hydrogen-bond acceptors (Lipinski definition) is 4. The standard InChI is InChI=1S/C7H6ClN3O2.K/c8-5-4-1-2-11(7(12)13)6(4)10-3-9-5;/h3H,1-2H2,(H,12,13);/q;+1/p-1. The Morgan fingerprint density at radius 2 is 2.29 bits per heavy atom. The summed E-state index contributed by atoms with van der Waals surface area (Å²) in [4.78, 5) is 19.2. The molecule has 0 saturated carbocycles. The average molecular weight is 238 g/mol. The summed E-state index contributed by atoms with van der Waals surface area (Å²) in [7, 11) is 0. The number of fused-ring (bicyclic) bond motifs is 1. The van der Waals surface area contributed by atoms with Gasteiger partial charge in [0.1, 0.15) is 23.4 Å². The summed E-state index contributed by atoms with van der Waals surface area (Å²) in [5.41, 5.74) is 0.674. The normalized spacial score (nSPS) is 13.4. The Hall–Kier alpha value is 0.276. The van der Waals surface area contributed by atoms with Crippen LogP contribution >= 0.6 is 11.6 Å². The van der Waals surface area contributed by atoms with Crippen LogP contribution in [0.2, 0.25) is 5.15 Å². The maximum atomic E-state index is 10.6. The van der Waals surface area contributed by atoms with Crippen LogP contribution in [0.5, 0.6) is 0 Å². The van der Waals surface area contributed by atoms with Gasteiger partial charge >= 0.3 is 51.4 Å². The Morgan fingerprint density at radius 3 is 2.93 bits per heavy atom.